The minimum Gasteiger partial charge on any atom is -0.506 e. The fourth-order valence-electron chi connectivity index (χ4n) is 1.71. The van der Waals surface area contributed by atoms with Crippen molar-refractivity contribution in [3.05, 3.63) is 71.8 Å². The fourth-order valence-corrected chi connectivity index (χ4v) is 1.71. The molecular formula is C15H12O3. The van der Waals surface area contributed by atoms with Gasteiger partial charge in [0.1, 0.15) is 11.3 Å². The number of aliphatic carboxylic acids is 1. The zero-order chi connectivity index (χ0) is 13.0. The highest BCUT2D eigenvalue weighted by Crippen LogP contribution is 2.24. The number of rotatable bonds is 3. The molecule has 0 heterocycles. The molecule has 0 saturated carbocycles. The molecule has 2 rings (SSSR count). The molecule has 0 spiro atoms. The fraction of sp³-hybridized carbons (Fsp3) is 0. The van der Waals surface area contributed by atoms with E-state index < -0.39 is 5.97 Å². The summed E-state index contributed by atoms with van der Waals surface area (Å²) in [5, 5.41) is 19.3. The number of carboxylic acids is 1. The summed E-state index contributed by atoms with van der Waals surface area (Å²) >= 11 is 0. The van der Waals surface area contributed by atoms with E-state index in [9.17, 15) is 15.0 Å². The van der Waals surface area contributed by atoms with E-state index in [0.29, 0.717) is 11.1 Å². The maximum absolute atomic E-state index is 11.3. The van der Waals surface area contributed by atoms with Crippen LogP contribution in [0.4, 0.5) is 0 Å². The van der Waals surface area contributed by atoms with Crippen molar-refractivity contribution < 1.29 is 15.0 Å². The average Bonchev–Trinajstić information content (AvgIpc) is 2.40. The predicted molar refractivity (Wildman–Crippen MR) is 70.0 cm³/mol. The Kier molecular flexibility index (Phi) is 3.44. The van der Waals surface area contributed by atoms with Crippen molar-refractivity contribution in [2.45, 2.75) is 0 Å². The summed E-state index contributed by atoms with van der Waals surface area (Å²) in [4.78, 5) is 11.3. The van der Waals surface area contributed by atoms with Gasteiger partial charge in [-0.1, -0.05) is 60.7 Å². The first-order valence-electron chi connectivity index (χ1n) is 5.47. The van der Waals surface area contributed by atoms with Gasteiger partial charge in [-0.05, 0) is 5.56 Å². The molecule has 0 aliphatic rings. The summed E-state index contributed by atoms with van der Waals surface area (Å²) in [7, 11) is 0. The number of carbonyl (C=O) groups is 1. The maximum atomic E-state index is 11.3. The monoisotopic (exact) mass is 240 g/mol. The van der Waals surface area contributed by atoms with Crippen molar-refractivity contribution in [2.75, 3.05) is 0 Å². The van der Waals surface area contributed by atoms with Gasteiger partial charge in [-0.2, -0.15) is 0 Å². The molecule has 0 saturated heterocycles. The van der Waals surface area contributed by atoms with E-state index in [4.69, 9.17) is 0 Å². The Morgan fingerprint density at radius 3 is 1.61 bits per heavy atom. The molecule has 0 bridgehead atoms. The molecule has 2 N–H and O–H groups in total. The Hall–Kier alpha value is -2.55. The first-order valence-corrected chi connectivity index (χ1v) is 5.47. The molecule has 0 fully saturated rings. The highest BCUT2D eigenvalue weighted by molar-refractivity contribution is 6.22. The molecule has 3 nitrogen and oxygen atoms in total. The first-order chi connectivity index (χ1) is 8.70. The molecule has 90 valence electrons. The van der Waals surface area contributed by atoms with E-state index in [1.165, 1.54) is 0 Å². The van der Waals surface area contributed by atoms with Crippen LogP contribution in [0.15, 0.2) is 60.7 Å². The van der Waals surface area contributed by atoms with Crippen LogP contribution in [-0.4, -0.2) is 16.2 Å². The molecular weight excluding hydrogens is 228 g/mol. The Morgan fingerprint density at radius 1 is 0.722 bits per heavy atom. The lowest BCUT2D eigenvalue weighted by atomic mass is 10.0. The molecule has 0 atom stereocenters. The van der Waals surface area contributed by atoms with Crippen molar-refractivity contribution in [1.82, 2.24) is 0 Å². The van der Waals surface area contributed by atoms with Crippen molar-refractivity contribution in [1.29, 1.82) is 0 Å². The van der Waals surface area contributed by atoms with Crippen LogP contribution in [0.5, 0.6) is 0 Å². The lowest BCUT2D eigenvalue weighted by molar-refractivity contribution is -0.130. The average molecular weight is 240 g/mol. The summed E-state index contributed by atoms with van der Waals surface area (Å²) in [5.74, 6) is -1.38. The van der Waals surface area contributed by atoms with E-state index in [-0.39, 0.29) is 11.3 Å². The highest BCUT2D eigenvalue weighted by atomic mass is 16.4. The number of aliphatic hydroxyl groups excluding tert-OH is 1. The minimum absolute atomic E-state index is 0.0956. The molecule has 18 heavy (non-hydrogen) atoms. The molecule has 2 aromatic rings. The van der Waals surface area contributed by atoms with E-state index in [2.05, 4.69) is 0 Å². The van der Waals surface area contributed by atoms with Gasteiger partial charge in [-0.25, -0.2) is 4.79 Å². The molecule has 3 heteroatoms. The summed E-state index contributed by atoms with van der Waals surface area (Å²) in [5.41, 5.74) is 0.868. The number of benzene rings is 2. The van der Waals surface area contributed by atoms with Crippen LogP contribution in [0, 0.1) is 0 Å². The van der Waals surface area contributed by atoms with Crippen LogP contribution < -0.4 is 0 Å². The van der Waals surface area contributed by atoms with E-state index in [1.54, 1.807) is 60.7 Å². The first kappa shape index (κ1) is 11.9. The zero-order valence-electron chi connectivity index (χ0n) is 9.58. The number of carboxylic acid groups (broad SMARTS) is 1. The van der Waals surface area contributed by atoms with Crippen LogP contribution >= 0.6 is 0 Å². The van der Waals surface area contributed by atoms with Gasteiger partial charge < -0.3 is 10.2 Å². The van der Waals surface area contributed by atoms with Crippen LogP contribution in [0.25, 0.3) is 11.3 Å². The highest BCUT2D eigenvalue weighted by Gasteiger charge is 2.17. The van der Waals surface area contributed by atoms with Gasteiger partial charge in [-0.15, -0.1) is 0 Å². The molecule has 0 aliphatic heterocycles. The van der Waals surface area contributed by atoms with Crippen molar-refractivity contribution in [2.24, 2.45) is 0 Å². The summed E-state index contributed by atoms with van der Waals surface area (Å²) in [6.07, 6.45) is 0. The smallest absolute Gasteiger partial charge is 0.340 e. The summed E-state index contributed by atoms with van der Waals surface area (Å²) in [6.45, 7) is 0. The van der Waals surface area contributed by atoms with E-state index in [1.807, 2.05) is 0 Å². The molecule has 0 aromatic heterocycles. The molecule has 0 aliphatic carbocycles. The predicted octanol–water partition coefficient (Wildman–Crippen LogP) is 3.20. The van der Waals surface area contributed by atoms with E-state index >= 15 is 0 Å². The Balaban J connectivity index is 2.58. The van der Waals surface area contributed by atoms with Gasteiger partial charge in [0.2, 0.25) is 0 Å². The third kappa shape index (κ3) is 2.40. The van der Waals surface area contributed by atoms with Gasteiger partial charge in [0.25, 0.3) is 0 Å². The summed E-state index contributed by atoms with van der Waals surface area (Å²) < 4.78 is 0. The third-order valence-electron chi connectivity index (χ3n) is 2.56. The molecule has 0 radical (unpaired) electrons. The van der Waals surface area contributed by atoms with Crippen LogP contribution in [0.3, 0.4) is 0 Å². The second kappa shape index (κ2) is 5.19. The lowest BCUT2D eigenvalue weighted by Crippen LogP contribution is -2.03. The van der Waals surface area contributed by atoms with Crippen LogP contribution in [0.1, 0.15) is 11.1 Å². The Labute approximate surface area is 105 Å². The number of aliphatic hydroxyl groups is 1. The van der Waals surface area contributed by atoms with Crippen molar-refractivity contribution >= 4 is 17.3 Å². The number of hydrogen-bond acceptors (Lipinski definition) is 2. The van der Waals surface area contributed by atoms with Crippen molar-refractivity contribution in [3.63, 3.8) is 0 Å². The Bertz CT molecular complexity index is 571. The van der Waals surface area contributed by atoms with Gasteiger partial charge in [0, 0.05) is 5.56 Å². The SMILES string of the molecule is O=C(O)/C(=C(/O)c1ccccc1)c1ccccc1. The topological polar surface area (TPSA) is 57.5 Å². The minimum atomic E-state index is -1.15. The quantitative estimate of drug-likeness (QED) is 0.492. The van der Waals surface area contributed by atoms with Gasteiger partial charge in [-0.3, -0.25) is 0 Å². The number of hydrogen-bond donors (Lipinski definition) is 2. The normalized spacial score (nSPS) is 11.8. The van der Waals surface area contributed by atoms with Gasteiger partial charge >= 0.3 is 5.97 Å². The van der Waals surface area contributed by atoms with Crippen LogP contribution in [-0.2, 0) is 4.79 Å². The second-order valence-electron chi connectivity index (χ2n) is 3.76. The molecule has 0 unspecified atom stereocenters. The largest absolute Gasteiger partial charge is 0.506 e. The summed E-state index contributed by atoms with van der Waals surface area (Å²) in [6, 6.07) is 17.2. The van der Waals surface area contributed by atoms with E-state index in [0.717, 1.165) is 0 Å². The standard InChI is InChI=1S/C15H12O3/c16-14(12-9-5-2-6-10-12)13(15(17)18)11-7-3-1-4-8-11/h1-10,16H,(H,17,18)/b14-13+. The lowest BCUT2D eigenvalue weighted by Gasteiger charge is -2.07. The zero-order valence-corrected chi connectivity index (χ0v) is 9.58. The third-order valence-corrected chi connectivity index (χ3v) is 2.56. The maximum Gasteiger partial charge on any atom is 0.340 e. The van der Waals surface area contributed by atoms with Crippen LogP contribution in [0.2, 0.25) is 0 Å². The van der Waals surface area contributed by atoms with Gasteiger partial charge in [0.05, 0.1) is 0 Å². The van der Waals surface area contributed by atoms with Gasteiger partial charge in [0.15, 0.2) is 0 Å². The Morgan fingerprint density at radius 2 is 1.17 bits per heavy atom. The second-order valence-corrected chi connectivity index (χ2v) is 3.76. The molecule has 0 amide bonds. The van der Waals surface area contributed by atoms with Crippen molar-refractivity contribution in [3.8, 4) is 0 Å². The molecule has 2 aromatic carbocycles.